The van der Waals surface area contributed by atoms with Crippen molar-refractivity contribution in [3.8, 4) is 0 Å². The van der Waals surface area contributed by atoms with Crippen molar-refractivity contribution in [3.05, 3.63) is 11.1 Å². The van der Waals surface area contributed by atoms with Gasteiger partial charge in [-0.15, -0.1) is 11.3 Å². The lowest BCUT2D eigenvalue weighted by Gasteiger charge is -2.43. The summed E-state index contributed by atoms with van der Waals surface area (Å²) in [6.07, 6.45) is 0. The number of carbonyl (C=O) groups is 1. The number of anilines is 1. The molecule has 0 aliphatic carbocycles. The molecule has 0 unspecified atom stereocenters. The van der Waals surface area contributed by atoms with Gasteiger partial charge in [-0.05, 0) is 0 Å². The molecule has 3 rings (SSSR count). The molecule has 0 bridgehead atoms. The summed E-state index contributed by atoms with van der Waals surface area (Å²) >= 11 is 1.50. The number of piperazine rings is 1. The summed E-state index contributed by atoms with van der Waals surface area (Å²) < 4.78 is 0. The fourth-order valence-corrected chi connectivity index (χ4v) is 3.38. The predicted molar refractivity (Wildman–Crippen MR) is 79.9 cm³/mol. The van der Waals surface area contributed by atoms with E-state index in [4.69, 9.17) is 0 Å². The number of hydrogen-bond donors (Lipinski definition) is 2. The molecule has 1 aromatic heterocycles. The van der Waals surface area contributed by atoms with E-state index in [0.29, 0.717) is 5.13 Å². The molecule has 1 aromatic rings. The van der Waals surface area contributed by atoms with Crippen LogP contribution in [0.2, 0.25) is 0 Å². The second-order valence-electron chi connectivity index (χ2n) is 5.45. The molecule has 1 amide bonds. The molecule has 7 heteroatoms. The Morgan fingerprint density at radius 3 is 2.80 bits per heavy atom. The van der Waals surface area contributed by atoms with Gasteiger partial charge in [0.2, 0.25) is 5.91 Å². The highest BCUT2D eigenvalue weighted by molar-refractivity contribution is 7.13. The van der Waals surface area contributed by atoms with E-state index < -0.39 is 0 Å². The number of aromatic nitrogens is 1. The number of amides is 1. The Morgan fingerprint density at radius 1 is 1.45 bits per heavy atom. The average molecular weight is 295 g/mol. The van der Waals surface area contributed by atoms with Crippen LogP contribution < -0.4 is 10.6 Å². The van der Waals surface area contributed by atoms with Gasteiger partial charge >= 0.3 is 0 Å². The van der Waals surface area contributed by atoms with Crippen molar-refractivity contribution in [3.63, 3.8) is 0 Å². The van der Waals surface area contributed by atoms with Gasteiger partial charge in [0.25, 0.3) is 0 Å². The Hall–Kier alpha value is -1.02. The lowest BCUT2D eigenvalue weighted by atomic mass is 10.1. The highest BCUT2D eigenvalue weighted by Gasteiger charge is 2.27. The zero-order valence-corrected chi connectivity index (χ0v) is 12.6. The van der Waals surface area contributed by atoms with Crippen LogP contribution in [0.25, 0.3) is 0 Å². The van der Waals surface area contributed by atoms with Crippen molar-refractivity contribution in [1.82, 2.24) is 20.1 Å². The van der Waals surface area contributed by atoms with Crippen LogP contribution >= 0.6 is 11.3 Å². The zero-order chi connectivity index (χ0) is 13.9. The molecule has 2 aliphatic rings. The SMILES string of the molecule is CC(=O)Nc1nc(CN2CCN(C3CNC3)CC2)cs1. The van der Waals surface area contributed by atoms with E-state index in [1.165, 1.54) is 18.3 Å². The van der Waals surface area contributed by atoms with Crippen LogP contribution in [-0.4, -0.2) is 66.0 Å². The summed E-state index contributed by atoms with van der Waals surface area (Å²) in [4.78, 5) is 20.4. The summed E-state index contributed by atoms with van der Waals surface area (Å²) in [5, 5.41) is 8.80. The van der Waals surface area contributed by atoms with E-state index in [2.05, 4.69) is 25.4 Å². The van der Waals surface area contributed by atoms with Gasteiger partial charge in [-0.1, -0.05) is 0 Å². The maximum atomic E-state index is 11.0. The molecule has 2 N–H and O–H groups in total. The van der Waals surface area contributed by atoms with Crippen molar-refractivity contribution in [2.24, 2.45) is 0 Å². The van der Waals surface area contributed by atoms with Crippen molar-refractivity contribution in [2.45, 2.75) is 19.5 Å². The van der Waals surface area contributed by atoms with Gasteiger partial charge in [-0.3, -0.25) is 14.6 Å². The summed E-state index contributed by atoms with van der Waals surface area (Å²) in [7, 11) is 0. The molecule has 110 valence electrons. The van der Waals surface area contributed by atoms with Crippen molar-refractivity contribution in [1.29, 1.82) is 0 Å². The second-order valence-corrected chi connectivity index (χ2v) is 6.31. The molecule has 3 heterocycles. The Balaban J connectivity index is 1.46. The molecule has 2 aliphatic heterocycles. The summed E-state index contributed by atoms with van der Waals surface area (Å²) in [5.41, 5.74) is 1.05. The molecular formula is C13H21N5OS. The van der Waals surface area contributed by atoms with Crippen LogP contribution in [0, 0.1) is 0 Å². The topological polar surface area (TPSA) is 60.5 Å². The third-order valence-electron chi connectivity index (χ3n) is 3.90. The zero-order valence-electron chi connectivity index (χ0n) is 11.8. The first-order valence-corrected chi connectivity index (χ1v) is 7.98. The van der Waals surface area contributed by atoms with Crippen LogP contribution in [-0.2, 0) is 11.3 Å². The minimum atomic E-state index is -0.0615. The molecule has 0 spiro atoms. The third kappa shape index (κ3) is 3.35. The van der Waals surface area contributed by atoms with Crippen LogP contribution in [0.15, 0.2) is 5.38 Å². The molecule has 0 atom stereocenters. The van der Waals surface area contributed by atoms with Gasteiger partial charge in [0.1, 0.15) is 0 Å². The maximum absolute atomic E-state index is 11.0. The fourth-order valence-electron chi connectivity index (χ4n) is 2.63. The van der Waals surface area contributed by atoms with Crippen LogP contribution in [0.4, 0.5) is 5.13 Å². The second kappa shape index (κ2) is 6.17. The molecule has 2 saturated heterocycles. The normalized spacial score (nSPS) is 21.6. The minimum Gasteiger partial charge on any atom is -0.314 e. The summed E-state index contributed by atoms with van der Waals surface area (Å²) in [6.45, 7) is 9.18. The maximum Gasteiger partial charge on any atom is 0.223 e. The highest BCUT2D eigenvalue weighted by Crippen LogP contribution is 2.18. The quantitative estimate of drug-likeness (QED) is 0.830. The monoisotopic (exact) mass is 295 g/mol. The van der Waals surface area contributed by atoms with E-state index in [-0.39, 0.29) is 5.91 Å². The van der Waals surface area contributed by atoms with Gasteiger partial charge in [-0.25, -0.2) is 4.98 Å². The van der Waals surface area contributed by atoms with Crippen LogP contribution in [0.5, 0.6) is 0 Å². The standard InChI is InChI=1S/C13H21N5OS/c1-10(19)15-13-16-11(9-20-13)8-17-2-4-18(5-3-17)12-6-14-7-12/h9,12,14H,2-8H2,1H3,(H,15,16,19). The Kier molecular flexibility index (Phi) is 4.30. The molecule has 6 nitrogen and oxygen atoms in total. The predicted octanol–water partition coefficient (Wildman–Crippen LogP) is 0.191. The molecule has 0 aromatic carbocycles. The molecule has 0 radical (unpaired) electrons. The van der Waals surface area contributed by atoms with Gasteiger partial charge in [0.05, 0.1) is 5.69 Å². The molecule has 2 fully saturated rings. The largest absolute Gasteiger partial charge is 0.314 e. The lowest BCUT2D eigenvalue weighted by Crippen LogP contribution is -2.61. The first kappa shape index (κ1) is 13.9. The summed E-state index contributed by atoms with van der Waals surface area (Å²) in [5.74, 6) is -0.0615. The van der Waals surface area contributed by atoms with Gasteiger partial charge in [0, 0.05) is 64.2 Å². The van der Waals surface area contributed by atoms with Gasteiger partial charge in [0.15, 0.2) is 5.13 Å². The summed E-state index contributed by atoms with van der Waals surface area (Å²) in [6, 6.07) is 0.753. The number of nitrogens with zero attached hydrogens (tertiary/aromatic N) is 3. The number of hydrogen-bond acceptors (Lipinski definition) is 6. The van der Waals surface area contributed by atoms with E-state index >= 15 is 0 Å². The van der Waals surface area contributed by atoms with E-state index in [1.54, 1.807) is 0 Å². The fraction of sp³-hybridized carbons (Fsp3) is 0.692. The smallest absolute Gasteiger partial charge is 0.223 e. The highest BCUT2D eigenvalue weighted by atomic mass is 32.1. The first-order valence-electron chi connectivity index (χ1n) is 7.10. The van der Waals surface area contributed by atoms with Crippen molar-refractivity contribution in [2.75, 3.05) is 44.6 Å². The van der Waals surface area contributed by atoms with E-state index in [0.717, 1.165) is 57.5 Å². The van der Waals surface area contributed by atoms with Gasteiger partial charge in [-0.2, -0.15) is 0 Å². The minimum absolute atomic E-state index is 0.0615. The van der Waals surface area contributed by atoms with Gasteiger partial charge < -0.3 is 10.6 Å². The van der Waals surface area contributed by atoms with Crippen molar-refractivity contribution < 1.29 is 4.79 Å². The van der Waals surface area contributed by atoms with E-state index in [9.17, 15) is 4.79 Å². The lowest BCUT2D eigenvalue weighted by molar-refractivity contribution is -0.114. The average Bonchev–Trinajstić information content (AvgIpc) is 2.76. The Labute approximate surface area is 123 Å². The molecule has 20 heavy (non-hydrogen) atoms. The van der Waals surface area contributed by atoms with Crippen molar-refractivity contribution >= 4 is 22.4 Å². The Bertz CT molecular complexity index is 465. The number of nitrogens with one attached hydrogen (secondary N) is 2. The third-order valence-corrected chi connectivity index (χ3v) is 4.71. The number of rotatable bonds is 4. The first-order chi connectivity index (χ1) is 9.70. The van der Waals surface area contributed by atoms with Crippen LogP contribution in [0.3, 0.4) is 0 Å². The van der Waals surface area contributed by atoms with Crippen LogP contribution in [0.1, 0.15) is 12.6 Å². The number of thiazole rings is 1. The Morgan fingerprint density at radius 2 is 2.20 bits per heavy atom. The number of carbonyl (C=O) groups excluding carboxylic acids is 1. The van der Waals surface area contributed by atoms with E-state index in [1.807, 2.05) is 5.38 Å². The molecular weight excluding hydrogens is 274 g/mol. The molecule has 0 saturated carbocycles.